The molecule has 2 saturated heterocycles. The average Bonchev–Trinajstić information content (AvgIpc) is 2.38. The van der Waals surface area contributed by atoms with Crippen molar-refractivity contribution in [1.29, 1.82) is 0 Å². The fraction of sp³-hybridized carbons (Fsp3) is 0.933. The van der Waals surface area contributed by atoms with Gasteiger partial charge in [-0.15, -0.1) is 12.4 Å². The molecule has 0 aromatic carbocycles. The third kappa shape index (κ3) is 4.90. The number of nitrogens with zero attached hydrogens (tertiary/aromatic N) is 1. The summed E-state index contributed by atoms with van der Waals surface area (Å²) in [6, 6.07) is 0. The minimum absolute atomic E-state index is 0. The summed E-state index contributed by atoms with van der Waals surface area (Å²) >= 11 is 0. The van der Waals surface area contributed by atoms with Crippen LogP contribution in [-0.4, -0.2) is 49.2 Å². The quantitative estimate of drug-likeness (QED) is 0.868. The Bertz CT molecular complexity index is 317. The fourth-order valence-electron chi connectivity index (χ4n) is 3.17. The molecule has 4 nitrogen and oxygen atoms in total. The van der Waals surface area contributed by atoms with Crippen molar-refractivity contribution in [3.63, 3.8) is 0 Å². The maximum Gasteiger partial charge on any atom is 0.223 e. The van der Waals surface area contributed by atoms with Crippen LogP contribution in [0.1, 0.15) is 40.0 Å². The average molecular weight is 305 g/mol. The van der Waals surface area contributed by atoms with Gasteiger partial charge in [-0.05, 0) is 51.6 Å². The van der Waals surface area contributed by atoms with Gasteiger partial charge < -0.3 is 15.0 Å². The lowest BCUT2D eigenvalue weighted by atomic mass is 9.85. The van der Waals surface area contributed by atoms with Crippen molar-refractivity contribution in [2.45, 2.75) is 45.6 Å². The van der Waals surface area contributed by atoms with E-state index in [1.165, 1.54) is 12.8 Å². The summed E-state index contributed by atoms with van der Waals surface area (Å²) < 4.78 is 5.66. The zero-order valence-electron chi connectivity index (χ0n) is 13.0. The first-order valence-corrected chi connectivity index (χ1v) is 7.60. The molecular formula is C15H29ClN2O2. The van der Waals surface area contributed by atoms with Gasteiger partial charge in [-0.2, -0.15) is 0 Å². The summed E-state index contributed by atoms with van der Waals surface area (Å²) in [5.41, 5.74) is -0.191. The predicted octanol–water partition coefficient (Wildman–Crippen LogP) is 2.07. The molecule has 1 N–H and O–H groups in total. The van der Waals surface area contributed by atoms with Crippen LogP contribution < -0.4 is 5.32 Å². The fourth-order valence-corrected chi connectivity index (χ4v) is 3.17. The molecule has 2 unspecified atom stereocenters. The number of hydrogen-bond donors (Lipinski definition) is 1. The van der Waals surface area contributed by atoms with Crippen molar-refractivity contribution >= 4 is 18.3 Å². The zero-order valence-corrected chi connectivity index (χ0v) is 13.8. The van der Waals surface area contributed by atoms with Crippen LogP contribution in [0, 0.1) is 11.8 Å². The maximum atomic E-state index is 12.4. The first-order valence-electron chi connectivity index (χ1n) is 7.60. The molecule has 2 aliphatic rings. The Balaban J connectivity index is 0.00000200. The van der Waals surface area contributed by atoms with Crippen molar-refractivity contribution in [2.24, 2.45) is 11.8 Å². The van der Waals surface area contributed by atoms with Gasteiger partial charge >= 0.3 is 0 Å². The van der Waals surface area contributed by atoms with Crippen LogP contribution in [0.4, 0.5) is 0 Å². The molecule has 2 heterocycles. The lowest BCUT2D eigenvalue weighted by Crippen LogP contribution is -2.51. The Kier molecular flexibility index (Phi) is 6.76. The molecule has 5 heteroatoms. The highest BCUT2D eigenvalue weighted by atomic mass is 35.5. The minimum Gasteiger partial charge on any atom is -0.372 e. The predicted molar refractivity (Wildman–Crippen MR) is 83.2 cm³/mol. The van der Waals surface area contributed by atoms with Crippen LogP contribution in [-0.2, 0) is 9.53 Å². The summed E-state index contributed by atoms with van der Waals surface area (Å²) in [7, 11) is 0. The van der Waals surface area contributed by atoms with Crippen LogP contribution in [0.3, 0.4) is 0 Å². The van der Waals surface area contributed by atoms with E-state index in [9.17, 15) is 4.79 Å². The normalized spacial score (nSPS) is 27.6. The lowest BCUT2D eigenvalue weighted by Gasteiger charge is -2.39. The van der Waals surface area contributed by atoms with Gasteiger partial charge in [-0.25, -0.2) is 0 Å². The molecule has 0 aliphatic carbocycles. The Hall–Kier alpha value is -0.320. The van der Waals surface area contributed by atoms with Crippen molar-refractivity contribution in [1.82, 2.24) is 10.2 Å². The Labute approximate surface area is 129 Å². The summed E-state index contributed by atoms with van der Waals surface area (Å²) in [5, 5.41) is 3.44. The standard InChI is InChI=1S/C15H28N2O2.ClH/c1-12(13-5-4-6-16-10-13)9-14(18)17-7-8-19-15(2,3)11-17;/h12-13,16H,4-11H2,1-3H3;1H. The van der Waals surface area contributed by atoms with Crippen LogP contribution in [0.25, 0.3) is 0 Å². The molecule has 2 aliphatic heterocycles. The molecule has 1 amide bonds. The highest BCUT2D eigenvalue weighted by Crippen LogP contribution is 2.24. The summed E-state index contributed by atoms with van der Waals surface area (Å²) in [5.74, 6) is 1.44. The van der Waals surface area contributed by atoms with Gasteiger partial charge in [0.1, 0.15) is 0 Å². The number of carbonyl (C=O) groups is 1. The first-order chi connectivity index (χ1) is 8.98. The van der Waals surface area contributed by atoms with E-state index in [0.29, 0.717) is 30.8 Å². The molecule has 0 bridgehead atoms. The summed E-state index contributed by atoms with van der Waals surface area (Å²) in [6.07, 6.45) is 3.19. The monoisotopic (exact) mass is 304 g/mol. The van der Waals surface area contributed by atoms with Gasteiger partial charge in [0.15, 0.2) is 0 Å². The van der Waals surface area contributed by atoms with E-state index in [2.05, 4.69) is 26.1 Å². The van der Waals surface area contributed by atoms with Crippen LogP contribution in [0.15, 0.2) is 0 Å². The van der Waals surface area contributed by atoms with E-state index < -0.39 is 0 Å². The van der Waals surface area contributed by atoms with Crippen molar-refractivity contribution in [2.75, 3.05) is 32.8 Å². The number of amides is 1. The molecule has 0 spiro atoms. The van der Waals surface area contributed by atoms with E-state index in [1.54, 1.807) is 0 Å². The molecule has 2 fully saturated rings. The van der Waals surface area contributed by atoms with Crippen LogP contribution in [0.2, 0.25) is 0 Å². The number of ether oxygens (including phenoxy) is 1. The van der Waals surface area contributed by atoms with E-state index in [1.807, 2.05) is 4.90 Å². The highest BCUT2D eigenvalue weighted by molar-refractivity contribution is 5.85. The Morgan fingerprint density at radius 1 is 1.50 bits per heavy atom. The maximum absolute atomic E-state index is 12.4. The van der Waals surface area contributed by atoms with Gasteiger partial charge in [-0.1, -0.05) is 6.92 Å². The second-order valence-corrected chi connectivity index (χ2v) is 6.71. The lowest BCUT2D eigenvalue weighted by molar-refractivity contribution is -0.147. The molecule has 0 aromatic heterocycles. The molecule has 0 saturated carbocycles. The van der Waals surface area contributed by atoms with E-state index >= 15 is 0 Å². The Morgan fingerprint density at radius 3 is 2.85 bits per heavy atom. The Morgan fingerprint density at radius 2 is 2.25 bits per heavy atom. The van der Waals surface area contributed by atoms with Gasteiger partial charge in [0, 0.05) is 19.5 Å². The third-order valence-electron chi connectivity index (χ3n) is 4.41. The van der Waals surface area contributed by atoms with Gasteiger partial charge in [0.25, 0.3) is 0 Å². The van der Waals surface area contributed by atoms with Crippen LogP contribution in [0.5, 0.6) is 0 Å². The molecule has 2 rings (SSSR count). The number of piperidine rings is 1. The van der Waals surface area contributed by atoms with Crippen molar-refractivity contribution in [3.05, 3.63) is 0 Å². The number of nitrogens with one attached hydrogen (secondary N) is 1. The van der Waals surface area contributed by atoms with E-state index in [-0.39, 0.29) is 18.0 Å². The smallest absolute Gasteiger partial charge is 0.223 e. The number of carbonyl (C=O) groups excluding carboxylic acids is 1. The summed E-state index contributed by atoms with van der Waals surface area (Å²) in [6.45, 7) is 10.7. The van der Waals surface area contributed by atoms with E-state index in [4.69, 9.17) is 4.74 Å². The first kappa shape index (κ1) is 17.7. The van der Waals surface area contributed by atoms with E-state index in [0.717, 1.165) is 26.2 Å². The molecule has 118 valence electrons. The van der Waals surface area contributed by atoms with Gasteiger partial charge in [0.2, 0.25) is 5.91 Å². The minimum atomic E-state index is -0.191. The van der Waals surface area contributed by atoms with Gasteiger partial charge in [-0.3, -0.25) is 4.79 Å². The van der Waals surface area contributed by atoms with Crippen LogP contribution >= 0.6 is 12.4 Å². The van der Waals surface area contributed by atoms with Crippen molar-refractivity contribution in [3.8, 4) is 0 Å². The second kappa shape index (κ2) is 7.62. The molecule has 0 aromatic rings. The SMILES string of the molecule is CC(CC(=O)N1CCOC(C)(C)C1)C1CCCNC1.Cl. The number of rotatable bonds is 3. The van der Waals surface area contributed by atoms with Crippen molar-refractivity contribution < 1.29 is 9.53 Å². The topological polar surface area (TPSA) is 41.6 Å². The van der Waals surface area contributed by atoms with Gasteiger partial charge in [0.05, 0.1) is 12.2 Å². The highest BCUT2D eigenvalue weighted by Gasteiger charge is 2.31. The number of hydrogen-bond acceptors (Lipinski definition) is 3. The molecule has 0 radical (unpaired) electrons. The zero-order chi connectivity index (χ0) is 13.9. The molecule has 20 heavy (non-hydrogen) atoms. The number of halogens is 1. The second-order valence-electron chi connectivity index (χ2n) is 6.71. The summed E-state index contributed by atoms with van der Waals surface area (Å²) in [4.78, 5) is 14.4. The largest absolute Gasteiger partial charge is 0.372 e. The molecular weight excluding hydrogens is 276 g/mol. The molecule has 2 atom stereocenters. The number of morpholine rings is 1. The third-order valence-corrected chi connectivity index (χ3v) is 4.41.